The molecule has 0 bridgehead atoms. The maximum Gasteiger partial charge on any atom is 0.332 e. The van der Waals surface area contributed by atoms with Gasteiger partial charge in [0.2, 0.25) is 0 Å². The number of rotatable bonds is 11. The Bertz CT molecular complexity index is 1060. The molecule has 6 nitrogen and oxygen atoms in total. The molecule has 186 valence electrons. The van der Waals surface area contributed by atoms with Crippen LogP contribution in [0.4, 0.5) is 5.82 Å². The smallest absolute Gasteiger partial charge is 0.332 e. The molecule has 0 aliphatic rings. The number of carbonyl (C=O) groups excluding carboxylic acids is 1. The molecular weight excluding hydrogens is 438 g/mol. The van der Waals surface area contributed by atoms with Gasteiger partial charge in [-0.05, 0) is 47.5 Å². The van der Waals surface area contributed by atoms with Crippen molar-refractivity contribution < 1.29 is 14.3 Å². The lowest BCUT2D eigenvalue weighted by molar-refractivity contribution is -0.160. The second kappa shape index (κ2) is 12.5. The molecule has 1 aromatic heterocycles. The fraction of sp³-hybridized carbons (Fsp3) is 0.414. The summed E-state index contributed by atoms with van der Waals surface area (Å²) < 4.78 is 10.8. The Balaban J connectivity index is 1.68. The summed E-state index contributed by atoms with van der Waals surface area (Å²) in [5.41, 5.74) is 3.34. The molecule has 0 fully saturated rings. The normalized spacial score (nSPS) is 11.5. The van der Waals surface area contributed by atoms with Gasteiger partial charge < -0.3 is 14.4 Å². The number of hydrogen-bond acceptors (Lipinski definition) is 6. The van der Waals surface area contributed by atoms with Gasteiger partial charge in [-0.3, -0.25) is 4.98 Å². The monoisotopic (exact) mass is 475 g/mol. The van der Waals surface area contributed by atoms with Crippen molar-refractivity contribution in [1.29, 1.82) is 0 Å². The van der Waals surface area contributed by atoms with E-state index in [1.165, 1.54) is 0 Å². The highest BCUT2D eigenvalue weighted by molar-refractivity contribution is 5.78. The van der Waals surface area contributed by atoms with Gasteiger partial charge in [0.15, 0.2) is 0 Å². The highest BCUT2D eigenvalue weighted by atomic mass is 16.6. The molecule has 0 unspecified atom stereocenters. The first kappa shape index (κ1) is 26.4. The standard InChI is InChI=1S/C29H37N3O3/c1-22(2)32(18-12-13-19-34-21-26(33)35-29(3,4)5)25-20-30-27(23-14-8-6-9-15-23)28(31-25)24-16-10-7-11-17-24/h6-11,14-17,20,22H,12-13,18-19,21H2,1-5H3. The van der Waals surface area contributed by atoms with E-state index in [0.717, 1.165) is 47.7 Å². The first-order chi connectivity index (χ1) is 16.7. The van der Waals surface area contributed by atoms with E-state index in [4.69, 9.17) is 19.4 Å². The van der Waals surface area contributed by atoms with Gasteiger partial charge in [0.05, 0.1) is 17.6 Å². The van der Waals surface area contributed by atoms with E-state index in [1.54, 1.807) is 0 Å². The number of carbonyl (C=O) groups is 1. The fourth-order valence-corrected chi connectivity index (χ4v) is 3.77. The van der Waals surface area contributed by atoms with E-state index in [-0.39, 0.29) is 18.6 Å². The highest BCUT2D eigenvalue weighted by Crippen LogP contribution is 2.31. The van der Waals surface area contributed by atoms with Gasteiger partial charge in [-0.2, -0.15) is 0 Å². The van der Waals surface area contributed by atoms with Gasteiger partial charge in [0, 0.05) is 30.3 Å². The van der Waals surface area contributed by atoms with Crippen molar-refractivity contribution in [3.05, 3.63) is 66.9 Å². The van der Waals surface area contributed by atoms with Crippen LogP contribution >= 0.6 is 0 Å². The molecule has 0 amide bonds. The van der Waals surface area contributed by atoms with Crippen LogP contribution in [0.3, 0.4) is 0 Å². The van der Waals surface area contributed by atoms with E-state index in [1.807, 2.05) is 63.4 Å². The summed E-state index contributed by atoms with van der Waals surface area (Å²) in [5, 5.41) is 0. The molecule has 0 spiro atoms. The number of benzene rings is 2. The second-order valence-electron chi connectivity index (χ2n) is 9.79. The molecule has 3 aromatic rings. The van der Waals surface area contributed by atoms with Crippen LogP contribution in [0.15, 0.2) is 66.9 Å². The van der Waals surface area contributed by atoms with E-state index in [9.17, 15) is 4.79 Å². The molecule has 6 heteroatoms. The van der Waals surface area contributed by atoms with Crippen molar-refractivity contribution >= 4 is 11.8 Å². The summed E-state index contributed by atoms with van der Waals surface area (Å²) >= 11 is 0. The summed E-state index contributed by atoms with van der Waals surface area (Å²) in [7, 11) is 0. The molecule has 0 saturated carbocycles. The maximum absolute atomic E-state index is 11.8. The van der Waals surface area contributed by atoms with Crippen molar-refractivity contribution in [2.45, 2.75) is 59.1 Å². The molecule has 35 heavy (non-hydrogen) atoms. The zero-order valence-electron chi connectivity index (χ0n) is 21.5. The molecule has 2 aromatic carbocycles. The van der Waals surface area contributed by atoms with Gasteiger partial charge in [-0.15, -0.1) is 0 Å². The third kappa shape index (κ3) is 8.18. The van der Waals surface area contributed by atoms with Crippen LogP contribution in [0.1, 0.15) is 47.5 Å². The summed E-state index contributed by atoms with van der Waals surface area (Å²) in [6, 6.07) is 20.6. The lowest BCUT2D eigenvalue weighted by atomic mass is 10.0. The molecule has 0 atom stereocenters. The topological polar surface area (TPSA) is 64.5 Å². The fourth-order valence-electron chi connectivity index (χ4n) is 3.77. The van der Waals surface area contributed by atoms with Crippen LogP contribution in [-0.2, 0) is 14.3 Å². The molecule has 0 N–H and O–H groups in total. The molecule has 1 heterocycles. The molecular formula is C29H37N3O3. The average Bonchev–Trinajstić information content (AvgIpc) is 2.83. The van der Waals surface area contributed by atoms with Crippen molar-refractivity contribution in [3.8, 4) is 22.5 Å². The van der Waals surface area contributed by atoms with Gasteiger partial charge in [-0.1, -0.05) is 60.7 Å². The van der Waals surface area contributed by atoms with E-state index >= 15 is 0 Å². The first-order valence-corrected chi connectivity index (χ1v) is 12.3. The minimum atomic E-state index is -0.492. The number of anilines is 1. The zero-order valence-corrected chi connectivity index (χ0v) is 21.5. The van der Waals surface area contributed by atoms with E-state index in [0.29, 0.717) is 6.61 Å². The molecule has 0 aliphatic heterocycles. The predicted octanol–water partition coefficient (Wildman–Crippen LogP) is 6.16. The molecule has 0 radical (unpaired) electrons. The number of aromatic nitrogens is 2. The highest BCUT2D eigenvalue weighted by Gasteiger charge is 2.18. The van der Waals surface area contributed by atoms with Crippen molar-refractivity contribution in [2.24, 2.45) is 0 Å². The maximum atomic E-state index is 11.8. The number of hydrogen-bond donors (Lipinski definition) is 0. The van der Waals surface area contributed by atoms with Crippen LogP contribution in [0, 0.1) is 0 Å². The van der Waals surface area contributed by atoms with Gasteiger partial charge in [0.25, 0.3) is 0 Å². The number of esters is 1. The summed E-state index contributed by atoms with van der Waals surface area (Å²) in [6.45, 7) is 11.2. The quantitative estimate of drug-likeness (QED) is 0.244. The lowest BCUT2D eigenvalue weighted by Gasteiger charge is -2.28. The number of ether oxygens (including phenoxy) is 2. The Morgan fingerprint density at radius 2 is 1.51 bits per heavy atom. The summed E-state index contributed by atoms with van der Waals surface area (Å²) in [5.74, 6) is 0.525. The Labute approximate surface area is 209 Å². The van der Waals surface area contributed by atoms with E-state index in [2.05, 4.69) is 43.0 Å². The van der Waals surface area contributed by atoms with Gasteiger partial charge >= 0.3 is 5.97 Å². The SMILES string of the molecule is CC(C)N(CCCCOCC(=O)OC(C)(C)C)c1cnc(-c2ccccc2)c(-c2ccccc2)n1. The minimum Gasteiger partial charge on any atom is -0.458 e. The van der Waals surface area contributed by atoms with E-state index < -0.39 is 5.60 Å². The van der Waals surface area contributed by atoms with Crippen LogP contribution < -0.4 is 4.90 Å². The lowest BCUT2D eigenvalue weighted by Crippen LogP contribution is -2.33. The van der Waals surface area contributed by atoms with Crippen LogP contribution in [-0.4, -0.2) is 47.3 Å². The van der Waals surface area contributed by atoms with Crippen molar-refractivity contribution in [1.82, 2.24) is 9.97 Å². The van der Waals surface area contributed by atoms with Gasteiger partial charge in [0.1, 0.15) is 18.0 Å². The van der Waals surface area contributed by atoms with Crippen LogP contribution in [0.5, 0.6) is 0 Å². The molecule has 3 rings (SSSR count). The van der Waals surface area contributed by atoms with Crippen LogP contribution in [0.2, 0.25) is 0 Å². The van der Waals surface area contributed by atoms with Gasteiger partial charge in [-0.25, -0.2) is 9.78 Å². The number of unbranched alkanes of at least 4 members (excludes halogenated alkanes) is 1. The first-order valence-electron chi connectivity index (χ1n) is 12.3. The van der Waals surface area contributed by atoms with Crippen molar-refractivity contribution in [3.63, 3.8) is 0 Å². The number of nitrogens with zero attached hydrogens (tertiary/aromatic N) is 3. The Morgan fingerprint density at radius 3 is 2.09 bits per heavy atom. The molecule has 0 aliphatic carbocycles. The largest absolute Gasteiger partial charge is 0.458 e. The molecule has 0 saturated heterocycles. The van der Waals surface area contributed by atoms with Crippen molar-refractivity contribution in [2.75, 3.05) is 24.7 Å². The minimum absolute atomic E-state index is 0.0158. The Hall–Kier alpha value is -3.25. The Kier molecular flexibility index (Phi) is 9.38. The third-order valence-corrected chi connectivity index (χ3v) is 5.35. The summed E-state index contributed by atoms with van der Waals surface area (Å²) in [4.78, 5) is 24.0. The van der Waals surface area contributed by atoms with Crippen LogP contribution in [0.25, 0.3) is 22.5 Å². The second-order valence-corrected chi connectivity index (χ2v) is 9.79. The summed E-state index contributed by atoms with van der Waals surface area (Å²) in [6.07, 6.45) is 3.62. The average molecular weight is 476 g/mol. The zero-order chi connectivity index (χ0) is 25.3. The predicted molar refractivity (Wildman–Crippen MR) is 141 cm³/mol. The third-order valence-electron chi connectivity index (χ3n) is 5.35. The Morgan fingerprint density at radius 1 is 0.914 bits per heavy atom.